The number of aliphatic hydroxyl groups is 4. The van der Waals surface area contributed by atoms with Gasteiger partial charge in [0.2, 0.25) is 28.8 Å². The third-order valence-electron chi connectivity index (χ3n) is 21.0. The second-order valence-corrected chi connectivity index (χ2v) is 31.0. The average Bonchev–Trinajstić information content (AvgIpc) is 1.16. The predicted octanol–water partition coefficient (Wildman–Crippen LogP) is 14.1. The maximum absolute atomic E-state index is 12.2. The minimum atomic E-state index is -1.15. The normalized spacial score (nSPS) is 16.7. The van der Waals surface area contributed by atoms with E-state index in [4.69, 9.17) is 98.6 Å². The molecule has 8 aromatic carbocycles. The third-order valence-corrected chi connectivity index (χ3v) is 21.0. The Bertz CT molecular complexity index is 4980. The number of carboxylic acids is 1. The van der Waals surface area contributed by atoms with Crippen LogP contribution in [0.3, 0.4) is 0 Å². The molecule has 9 heterocycles. The van der Waals surface area contributed by atoms with Crippen LogP contribution in [0, 0.1) is 0 Å². The SMILES string of the molecule is O=C(O)c1ccco1.O=C(OCC(O)COc1ccc(C(c2ccc(OCC(O)COC(=O)c3ccco3)cc2)C(c2ccc(OCC(O)COC(=O)c3ccco3)cc2)c2ccc(OCC(O)COC(=O)c3ccco3)cc2)cc1)c1ccco1.c1cc(C(c2ccc(OCC3CO3)cc2)C(c2ccc(OCC3CO3)cc2)c2ccc(OCC3CO3)cc2)ccc1OCC1CO1. The summed E-state index contributed by atoms with van der Waals surface area (Å²) < 4.78 is 114. The van der Waals surface area contributed by atoms with Crippen LogP contribution in [-0.2, 0) is 37.9 Å². The summed E-state index contributed by atoms with van der Waals surface area (Å²) in [7, 11) is 0. The standard InChI is InChI=1S/C58H54O20.C38H38O8.C5H4O3/c59-41(33-75-55(63)49-5-1-25-67-49)29-71-45-17-9-37(10-18-45)53(38-11-19-46(20-12-38)72-30-42(60)34-76-56(64)50-6-2-26-68-50)54(39-13-21-47(22-14-39)73-31-43(61)35-77-57(65)51-7-3-27-69-51)40-15-23-48(24-16-40)74-32-44(62)36-78-58(66)52-8-4-28-70-52;1-9-29(39-17-33-21-43-33)10-2-25(1)37(26-3-11-30(12-4-26)40-18-34-22-44-34)38(27-5-13-31(14-6-27)41-19-35-23-45-35)28-7-15-32(16-8-28)42-20-36-24-46-36;6-5(7)4-2-1-3-8-4/h1-28,41-44,53-54,59-62H,29-36H2;1-16,33-38H,17-24H2;1-3H,(H,6,7). The van der Waals surface area contributed by atoms with Gasteiger partial charge in [-0.2, -0.15) is 0 Å². The lowest BCUT2D eigenvalue weighted by molar-refractivity contribution is 0.0103. The summed E-state index contributed by atoms with van der Waals surface area (Å²) in [5.74, 6) is 0.114. The number of carbonyl (C=O) groups is 5. The molecule has 4 fully saturated rings. The number of furan rings is 5. The van der Waals surface area contributed by atoms with E-state index in [2.05, 4.69) is 101 Å². The van der Waals surface area contributed by atoms with Crippen molar-refractivity contribution >= 4 is 29.8 Å². The van der Waals surface area contributed by atoms with Crippen LogP contribution < -0.4 is 37.9 Å². The van der Waals surface area contributed by atoms with Crippen LogP contribution in [0.5, 0.6) is 46.0 Å². The van der Waals surface area contributed by atoms with Gasteiger partial charge in [-0.25, -0.2) is 24.0 Å². The molecule has 13 aromatic rings. The third kappa shape index (κ3) is 28.1. The van der Waals surface area contributed by atoms with E-state index in [-0.39, 0.29) is 118 Å². The van der Waals surface area contributed by atoms with Crippen LogP contribution in [-0.4, -0.2) is 210 Å². The smallest absolute Gasteiger partial charge is 0.374 e. The topological polar surface area (TPSA) is 413 Å². The van der Waals surface area contributed by atoms with Gasteiger partial charge in [-0.1, -0.05) is 97.1 Å². The number of carbonyl (C=O) groups excluding carboxylic acids is 4. The Morgan fingerprint density at radius 3 is 0.553 bits per heavy atom. The molecular weight excluding hydrogens is 1710 g/mol. The minimum absolute atomic E-state index is 0.000102. The van der Waals surface area contributed by atoms with E-state index >= 15 is 0 Å². The van der Waals surface area contributed by atoms with Crippen LogP contribution in [0.2, 0.25) is 0 Å². The first kappa shape index (κ1) is 92.3. The molecule has 8 atom stereocenters. The van der Waals surface area contributed by atoms with Gasteiger partial charge in [0.15, 0.2) is 0 Å². The number of hydrogen-bond donors (Lipinski definition) is 5. The lowest BCUT2D eigenvalue weighted by atomic mass is 9.73. The van der Waals surface area contributed by atoms with E-state index < -0.39 is 66.1 Å². The molecule has 0 amide bonds. The van der Waals surface area contributed by atoms with Crippen molar-refractivity contribution in [3.05, 3.63) is 359 Å². The number of benzene rings is 8. The fourth-order valence-corrected chi connectivity index (χ4v) is 13.8. The molecule has 5 aromatic heterocycles. The molecular formula is C101H96O31. The van der Waals surface area contributed by atoms with Crippen molar-refractivity contribution in [1.29, 1.82) is 0 Å². The van der Waals surface area contributed by atoms with Crippen LogP contribution >= 0.6 is 0 Å². The molecule has 132 heavy (non-hydrogen) atoms. The Morgan fingerprint density at radius 1 is 0.242 bits per heavy atom. The molecule has 31 nitrogen and oxygen atoms in total. The molecule has 5 N–H and O–H groups in total. The monoisotopic (exact) mass is 1800 g/mol. The highest BCUT2D eigenvalue weighted by Gasteiger charge is 2.34. The molecule has 17 rings (SSSR count). The van der Waals surface area contributed by atoms with Crippen LogP contribution in [0.4, 0.5) is 0 Å². The number of esters is 4. The second kappa shape index (κ2) is 46.2. The van der Waals surface area contributed by atoms with Gasteiger partial charge in [0.1, 0.15) is 174 Å². The lowest BCUT2D eigenvalue weighted by Crippen LogP contribution is -2.25. The van der Waals surface area contributed by atoms with E-state index in [0.29, 0.717) is 49.4 Å². The fraction of sp³-hybridized carbons (Fsp3) is 0.277. The van der Waals surface area contributed by atoms with Crippen LogP contribution in [0.25, 0.3) is 0 Å². The van der Waals surface area contributed by atoms with E-state index in [1.165, 1.54) is 90.0 Å². The molecule has 0 saturated carbocycles. The quantitative estimate of drug-likeness (QED) is 0.0134. The van der Waals surface area contributed by atoms with Gasteiger partial charge in [-0.05, 0) is 202 Å². The first-order valence-corrected chi connectivity index (χ1v) is 42.6. The first-order chi connectivity index (χ1) is 64.5. The Kier molecular flexibility index (Phi) is 32.3. The summed E-state index contributed by atoms with van der Waals surface area (Å²) in [6, 6.07) is 77.9. The van der Waals surface area contributed by atoms with E-state index in [1.54, 1.807) is 72.8 Å². The summed E-state index contributed by atoms with van der Waals surface area (Å²) in [6.07, 6.45) is 2.88. The van der Waals surface area contributed by atoms with Gasteiger partial charge in [-0.3, -0.25) is 0 Å². The van der Waals surface area contributed by atoms with Crippen LogP contribution in [0.1, 0.15) is 121 Å². The van der Waals surface area contributed by atoms with Gasteiger partial charge in [0.25, 0.3) is 0 Å². The molecule has 686 valence electrons. The van der Waals surface area contributed by atoms with Crippen molar-refractivity contribution in [1.82, 2.24) is 0 Å². The van der Waals surface area contributed by atoms with E-state index in [0.717, 1.165) is 71.7 Å². The predicted molar refractivity (Wildman–Crippen MR) is 467 cm³/mol. The molecule has 0 aliphatic carbocycles. The molecule has 4 aliphatic rings. The molecule has 31 heteroatoms. The fourth-order valence-electron chi connectivity index (χ4n) is 13.8. The number of hydrogen-bond acceptors (Lipinski definition) is 30. The zero-order valence-electron chi connectivity index (χ0n) is 71.2. The van der Waals surface area contributed by atoms with Crippen molar-refractivity contribution in [2.24, 2.45) is 0 Å². The summed E-state index contributed by atoms with van der Waals surface area (Å²) in [5.41, 5.74) is 8.00. The van der Waals surface area contributed by atoms with Crippen molar-refractivity contribution in [3.63, 3.8) is 0 Å². The Labute approximate surface area is 757 Å². The number of carboxylic acid groups (broad SMARTS) is 1. The van der Waals surface area contributed by atoms with Gasteiger partial charge >= 0.3 is 29.8 Å². The molecule has 8 unspecified atom stereocenters. The Morgan fingerprint density at radius 2 is 0.409 bits per heavy atom. The molecule has 0 bridgehead atoms. The van der Waals surface area contributed by atoms with Crippen LogP contribution in [0.15, 0.2) is 308 Å². The average molecular weight is 1810 g/mol. The number of ether oxygens (including phenoxy) is 16. The molecule has 0 radical (unpaired) electrons. The highest BCUT2D eigenvalue weighted by Crippen LogP contribution is 2.47. The Balaban J connectivity index is 0.000000206. The number of rotatable bonds is 47. The van der Waals surface area contributed by atoms with Crippen molar-refractivity contribution in [2.45, 2.75) is 72.5 Å². The van der Waals surface area contributed by atoms with E-state index in [1.807, 2.05) is 48.5 Å². The van der Waals surface area contributed by atoms with Gasteiger partial charge in [0.05, 0.1) is 57.7 Å². The Hall–Kier alpha value is -14.4. The molecule has 4 saturated heterocycles. The highest BCUT2D eigenvalue weighted by molar-refractivity contribution is 5.88. The first-order valence-electron chi connectivity index (χ1n) is 42.6. The summed E-state index contributed by atoms with van der Waals surface area (Å²) >= 11 is 0. The van der Waals surface area contributed by atoms with E-state index in [9.17, 15) is 44.4 Å². The lowest BCUT2D eigenvalue weighted by Gasteiger charge is -2.30. The zero-order chi connectivity index (χ0) is 91.3. The summed E-state index contributed by atoms with van der Waals surface area (Å²) in [5, 5.41) is 50.6. The maximum Gasteiger partial charge on any atom is 0.374 e. The number of aliphatic hydroxyl groups excluding tert-OH is 4. The summed E-state index contributed by atoms with van der Waals surface area (Å²) in [4.78, 5) is 58.9. The van der Waals surface area contributed by atoms with Gasteiger partial charge in [-0.15, -0.1) is 0 Å². The number of aromatic carboxylic acids is 1. The number of epoxide rings is 4. The summed E-state index contributed by atoms with van der Waals surface area (Å²) in [6.45, 7) is 3.25. The molecule has 0 spiro atoms. The van der Waals surface area contributed by atoms with Crippen molar-refractivity contribution in [3.8, 4) is 46.0 Å². The maximum atomic E-state index is 12.2. The van der Waals surface area contributed by atoms with Crippen molar-refractivity contribution in [2.75, 3.05) is 106 Å². The van der Waals surface area contributed by atoms with Crippen molar-refractivity contribution < 1.29 is 147 Å². The zero-order valence-corrected chi connectivity index (χ0v) is 71.2. The second-order valence-electron chi connectivity index (χ2n) is 31.0. The van der Waals surface area contributed by atoms with Gasteiger partial charge < -0.3 is 123 Å². The molecule has 4 aliphatic heterocycles. The van der Waals surface area contributed by atoms with Gasteiger partial charge in [0, 0.05) is 23.7 Å². The largest absolute Gasteiger partial charge is 0.491 e. The minimum Gasteiger partial charge on any atom is -0.491 e. The highest BCUT2D eigenvalue weighted by atomic mass is 16.6.